The van der Waals surface area contributed by atoms with Crippen LogP contribution in [0.15, 0.2) is 48.5 Å². The summed E-state index contributed by atoms with van der Waals surface area (Å²) in [4.78, 5) is 0. The van der Waals surface area contributed by atoms with Crippen LogP contribution in [0.3, 0.4) is 0 Å². The summed E-state index contributed by atoms with van der Waals surface area (Å²) in [5.74, 6) is 0.862. The summed E-state index contributed by atoms with van der Waals surface area (Å²) in [6.45, 7) is 8.16. The molecule has 106 valence electrons. The summed E-state index contributed by atoms with van der Waals surface area (Å²) >= 11 is 0. The smallest absolute Gasteiger partial charge is 0.120 e. The van der Waals surface area contributed by atoms with Crippen molar-refractivity contribution in [3.8, 4) is 5.75 Å². The van der Waals surface area contributed by atoms with Gasteiger partial charge in [-0.25, -0.2) is 0 Å². The van der Waals surface area contributed by atoms with Crippen LogP contribution in [0.25, 0.3) is 0 Å². The van der Waals surface area contributed by atoms with E-state index in [0.29, 0.717) is 0 Å². The monoisotopic (exact) mass is 269 g/mol. The SMILES string of the molecule is Cc1ccc(C(C)(N)c2cccc(OC(C)C)c2)cc1. The number of hydrogen-bond acceptors (Lipinski definition) is 2. The molecule has 0 saturated heterocycles. The summed E-state index contributed by atoms with van der Waals surface area (Å²) < 4.78 is 5.75. The highest BCUT2D eigenvalue weighted by atomic mass is 16.5. The van der Waals surface area contributed by atoms with Gasteiger partial charge in [0.2, 0.25) is 0 Å². The number of nitrogens with two attached hydrogens (primary N) is 1. The Morgan fingerprint density at radius 1 is 1.00 bits per heavy atom. The maximum Gasteiger partial charge on any atom is 0.120 e. The summed E-state index contributed by atoms with van der Waals surface area (Å²) in [5, 5.41) is 0. The van der Waals surface area contributed by atoms with Gasteiger partial charge in [-0.3, -0.25) is 0 Å². The highest BCUT2D eigenvalue weighted by molar-refractivity contribution is 5.41. The molecule has 0 saturated carbocycles. The average molecular weight is 269 g/mol. The normalized spacial score (nSPS) is 14.1. The van der Waals surface area contributed by atoms with E-state index in [1.807, 2.05) is 45.0 Å². The molecule has 2 nitrogen and oxygen atoms in total. The fraction of sp³-hybridized carbons (Fsp3) is 0.333. The summed E-state index contributed by atoms with van der Waals surface area (Å²) in [7, 11) is 0. The maximum atomic E-state index is 6.55. The van der Waals surface area contributed by atoms with Crippen LogP contribution in [-0.2, 0) is 5.54 Å². The standard InChI is InChI=1S/C18H23NO/c1-13(2)20-17-7-5-6-16(12-17)18(4,19)15-10-8-14(3)9-11-15/h5-13H,19H2,1-4H3. The van der Waals surface area contributed by atoms with Crippen LogP contribution in [0.5, 0.6) is 5.75 Å². The number of benzene rings is 2. The molecule has 0 aromatic heterocycles. The lowest BCUT2D eigenvalue weighted by molar-refractivity contribution is 0.242. The summed E-state index contributed by atoms with van der Waals surface area (Å²) in [6.07, 6.45) is 0.161. The van der Waals surface area contributed by atoms with Crippen molar-refractivity contribution in [2.24, 2.45) is 5.73 Å². The van der Waals surface area contributed by atoms with E-state index < -0.39 is 5.54 Å². The number of hydrogen-bond donors (Lipinski definition) is 1. The van der Waals surface area contributed by atoms with Gasteiger partial charge < -0.3 is 10.5 Å². The molecule has 1 unspecified atom stereocenters. The zero-order valence-electron chi connectivity index (χ0n) is 12.7. The molecule has 0 aliphatic rings. The van der Waals surface area contributed by atoms with E-state index in [1.54, 1.807) is 0 Å². The highest BCUT2D eigenvalue weighted by Crippen LogP contribution is 2.29. The fourth-order valence-corrected chi connectivity index (χ4v) is 2.23. The van der Waals surface area contributed by atoms with E-state index in [9.17, 15) is 0 Å². The van der Waals surface area contributed by atoms with Gasteiger partial charge in [-0.2, -0.15) is 0 Å². The minimum Gasteiger partial charge on any atom is -0.491 e. The van der Waals surface area contributed by atoms with Crippen molar-refractivity contribution in [2.75, 3.05) is 0 Å². The molecule has 0 spiro atoms. The van der Waals surface area contributed by atoms with Crippen LogP contribution >= 0.6 is 0 Å². The zero-order chi connectivity index (χ0) is 14.8. The topological polar surface area (TPSA) is 35.2 Å². The molecule has 0 fully saturated rings. The van der Waals surface area contributed by atoms with Crippen LogP contribution in [0.1, 0.15) is 37.5 Å². The van der Waals surface area contributed by atoms with Crippen molar-refractivity contribution >= 4 is 0 Å². The van der Waals surface area contributed by atoms with Gasteiger partial charge in [-0.15, -0.1) is 0 Å². The molecule has 2 N–H and O–H groups in total. The van der Waals surface area contributed by atoms with Crippen molar-refractivity contribution in [1.29, 1.82) is 0 Å². The Balaban J connectivity index is 2.35. The Kier molecular flexibility index (Phi) is 4.15. The Morgan fingerprint density at radius 2 is 1.65 bits per heavy atom. The van der Waals surface area contributed by atoms with Crippen LogP contribution in [0.4, 0.5) is 0 Å². The predicted molar refractivity (Wildman–Crippen MR) is 84.0 cm³/mol. The van der Waals surface area contributed by atoms with E-state index >= 15 is 0 Å². The minimum atomic E-state index is -0.524. The van der Waals surface area contributed by atoms with Gasteiger partial charge in [0.05, 0.1) is 11.6 Å². The lowest BCUT2D eigenvalue weighted by atomic mass is 9.85. The van der Waals surface area contributed by atoms with Gasteiger partial charge in [0.1, 0.15) is 5.75 Å². The van der Waals surface area contributed by atoms with Gasteiger partial charge in [0, 0.05) is 0 Å². The second kappa shape index (κ2) is 5.68. The lowest BCUT2D eigenvalue weighted by Gasteiger charge is -2.27. The summed E-state index contributed by atoms with van der Waals surface area (Å²) in [5.41, 5.74) is 9.42. The minimum absolute atomic E-state index is 0.161. The second-order valence-corrected chi connectivity index (χ2v) is 5.76. The molecule has 20 heavy (non-hydrogen) atoms. The van der Waals surface area contributed by atoms with Gasteiger partial charge >= 0.3 is 0 Å². The highest BCUT2D eigenvalue weighted by Gasteiger charge is 2.24. The molecule has 2 rings (SSSR count). The summed E-state index contributed by atoms with van der Waals surface area (Å²) in [6, 6.07) is 16.4. The third kappa shape index (κ3) is 3.20. The van der Waals surface area contributed by atoms with Crippen molar-refractivity contribution in [1.82, 2.24) is 0 Å². The molecular weight excluding hydrogens is 246 g/mol. The lowest BCUT2D eigenvalue weighted by Crippen LogP contribution is -2.34. The van der Waals surface area contributed by atoms with Crippen LogP contribution in [0.2, 0.25) is 0 Å². The molecule has 2 heteroatoms. The quantitative estimate of drug-likeness (QED) is 0.910. The first-order valence-corrected chi connectivity index (χ1v) is 7.03. The Hall–Kier alpha value is -1.80. The maximum absolute atomic E-state index is 6.55. The molecule has 0 amide bonds. The van der Waals surface area contributed by atoms with Gasteiger partial charge in [-0.05, 0) is 51.0 Å². The van der Waals surface area contributed by atoms with Crippen LogP contribution in [-0.4, -0.2) is 6.10 Å². The third-order valence-electron chi connectivity index (χ3n) is 3.46. The van der Waals surface area contributed by atoms with Crippen molar-refractivity contribution in [3.05, 3.63) is 65.2 Å². The van der Waals surface area contributed by atoms with Crippen molar-refractivity contribution in [3.63, 3.8) is 0 Å². The molecular formula is C18H23NO. The van der Waals surface area contributed by atoms with E-state index in [1.165, 1.54) is 5.56 Å². The first-order chi connectivity index (χ1) is 9.39. The van der Waals surface area contributed by atoms with Gasteiger partial charge in [0.25, 0.3) is 0 Å². The van der Waals surface area contributed by atoms with Gasteiger partial charge in [0.15, 0.2) is 0 Å². The zero-order valence-corrected chi connectivity index (χ0v) is 12.7. The molecule has 0 bridgehead atoms. The predicted octanol–water partition coefficient (Wildman–Crippen LogP) is 4.00. The largest absolute Gasteiger partial charge is 0.491 e. The molecule has 0 aliphatic heterocycles. The average Bonchev–Trinajstić information content (AvgIpc) is 2.39. The van der Waals surface area contributed by atoms with Crippen molar-refractivity contribution in [2.45, 2.75) is 39.3 Å². The number of rotatable bonds is 4. The molecule has 2 aromatic carbocycles. The Bertz CT molecular complexity index is 570. The second-order valence-electron chi connectivity index (χ2n) is 5.76. The van der Waals surface area contributed by atoms with E-state index in [-0.39, 0.29) is 6.10 Å². The van der Waals surface area contributed by atoms with Crippen LogP contribution < -0.4 is 10.5 Å². The fourth-order valence-electron chi connectivity index (χ4n) is 2.23. The molecule has 2 aromatic rings. The van der Waals surface area contributed by atoms with E-state index in [0.717, 1.165) is 16.9 Å². The van der Waals surface area contributed by atoms with E-state index in [4.69, 9.17) is 10.5 Å². The number of aryl methyl sites for hydroxylation is 1. The molecule has 0 aliphatic carbocycles. The Morgan fingerprint density at radius 3 is 2.25 bits per heavy atom. The molecule has 0 heterocycles. The molecule has 1 atom stereocenters. The Labute approximate surface area is 121 Å². The first kappa shape index (κ1) is 14.6. The van der Waals surface area contributed by atoms with Crippen molar-refractivity contribution < 1.29 is 4.74 Å². The first-order valence-electron chi connectivity index (χ1n) is 7.03. The van der Waals surface area contributed by atoms with E-state index in [2.05, 4.69) is 31.2 Å². The van der Waals surface area contributed by atoms with Gasteiger partial charge in [-0.1, -0.05) is 42.0 Å². The molecule has 0 radical (unpaired) electrons. The van der Waals surface area contributed by atoms with Crippen LogP contribution in [0, 0.1) is 6.92 Å². The number of ether oxygens (including phenoxy) is 1. The third-order valence-corrected chi connectivity index (χ3v) is 3.46.